The third-order valence-corrected chi connectivity index (χ3v) is 3.62. The largest absolute Gasteiger partial charge is 0.377 e. The monoisotopic (exact) mass is 266 g/mol. The average molecular weight is 266 g/mol. The van der Waals surface area contributed by atoms with Crippen molar-refractivity contribution in [1.82, 2.24) is 4.90 Å². The number of hydrogen-bond acceptors (Lipinski definition) is 3. The van der Waals surface area contributed by atoms with Gasteiger partial charge in [-0.1, -0.05) is 6.07 Å². The Morgan fingerprint density at radius 3 is 2.89 bits per heavy atom. The van der Waals surface area contributed by atoms with E-state index in [1.54, 1.807) is 12.1 Å². The normalized spacial score (nSPS) is 19.9. The lowest BCUT2D eigenvalue weighted by molar-refractivity contribution is -0.00263. The van der Waals surface area contributed by atoms with Gasteiger partial charge >= 0.3 is 0 Å². The van der Waals surface area contributed by atoms with Crippen LogP contribution in [0.15, 0.2) is 18.2 Å². The maximum Gasteiger partial charge on any atom is 0.123 e. The fourth-order valence-corrected chi connectivity index (χ4v) is 2.60. The van der Waals surface area contributed by atoms with E-state index < -0.39 is 0 Å². The molecule has 0 spiro atoms. The average Bonchev–Trinajstić information content (AvgIpc) is 2.40. The summed E-state index contributed by atoms with van der Waals surface area (Å²) in [5.74, 6) is -0.200. The van der Waals surface area contributed by atoms with Crippen molar-refractivity contribution in [2.24, 2.45) is 5.73 Å². The summed E-state index contributed by atoms with van der Waals surface area (Å²) in [6.45, 7) is 2.92. The van der Waals surface area contributed by atoms with Crippen molar-refractivity contribution < 1.29 is 9.13 Å². The molecule has 3 nitrogen and oxygen atoms in total. The molecule has 1 fully saturated rings. The van der Waals surface area contributed by atoms with Gasteiger partial charge in [-0.3, -0.25) is 4.90 Å². The number of nitrogens with two attached hydrogens (primary N) is 1. The van der Waals surface area contributed by atoms with Gasteiger partial charge in [-0.15, -0.1) is 0 Å². The van der Waals surface area contributed by atoms with Crippen LogP contribution in [0, 0.1) is 5.82 Å². The fourth-order valence-electron chi connectivity index (χ4n) is 2.60. The van der Waals surface area contributed by atoms with Crippen molar-refractivity contribution in [2.45, 2.75) is 38.5 Å². The van der Waals surface area contributed by atoms with E-state index in [9.17, 15) is 4.39 Å². The molecule has 1 aromatic rings. The number of hydrogen-bond donors (Lipinski definition) is 1. The van der Waals surface area contributed by atoms with E-state index in [0.29, 0.717) is 19.2 Å². The molecule has 19 heavy (non-hydrogen) atoms. The van der Waals surface area contributed by atoms with Crippen molar-refractivity contribution >= 4 is 0 Å². The van der Waals surface area contributed by atoms with Crippen LogP contribution in [0.4, 0.5) is 4.39 Å². The third kappa shape index (κ3) is 4.27. The lowest BCUT2D eigenvalue weighted by Gasteiger charge is -2.27. The molecule has 4 heteroatoms. The smallest absolute Gasteiger partial charge is 0.123 e. The zero-order valence-corrected chi connectivity index (χ0v) is 11.6. The maximum atomic E-state index is 13.3. The first-order chi connectivity index (χ1) is 9.19. The van der Waals surface area contributed by atoms with E-state index >= 15 is 0 Å². The van der Waals surface area contributed by atoms with E-state index in [0.717, 1.165) is 30.7 Å². The summed E-state index contributed by atoms with van der Waals surface area (Å²) < 4.78 is 19.0. The second-order valence-corrected chi connectivity index (χ2v) is 5.30. The predicted molar refractivity (Wildman–Crippen MR) is 74.2 cm³/mol. The Kier molecular flexibility index (Phi) is 5.31. The minimum absolute atomic E-state index is 0.200. The van der Waals surface area contributed by atoms with Gasteiger partial charge in [0.1, 0.15) is 5.82 Å². The first-order valence-electron chi connectivity index (χ1n) is 6.96. The number of rotatable bonds is 5. The van der Waals surface area contributed by atoms with Crippen LogP contribution < -0.4 is 5.73 Å². The molecule has 0 amide bonds. The third-order valence-electron chi connectivity index (χ3n) is 3.62. The van der Waals surface area contributed by atoms with Crippen molar-refractivity contribution in [3.05, 3.63) is 35.1 Å². The Labute approximate surface area is 114 Å². The van der Waals surface area contributed by atoms with Gasteiger partial charge in [0, 0.05) is 26.2 Å². The summed E-state index contributed by atoms with van der Waals surface area (Å²) in [6, 6.07) is 4.83. The lowest BCUT2D eigenvalue weighted by Crippen LogP contribution is -2.33. The molecule has 0 aromatic heterocycles. The van der Waals surface area contributed by atoms with Gasteiger partial charge in [0.05, 0.1) is 6.10 Å². The van der Waals surface area contributed by atoms with Crippen LogP contribution in [0.2, 0.25) is 0 Å². The van der Waals surface area contributed by atoms with Gasteiger partial charge in [0.2, 0.25) is 0 Å². The minimum atomic E-state index is -0.200. The molecule has 1 aliphatic rings. The highest BCUT2D eigenvalue weighted by molar-refractivity contribution is 5.27. The van der Waals surface area contributed by atoms with E-state index in [1.807, 2.05) is 7.05 Å². The predicted octanol–water partition coefficient (Wildman–Crippen LogP) is 2.29. The number of benzene rings is 1. The molecular weight excluding hydrogens is 243 g/mol. The Morgan fingerprint density at radius 1 is 1.37 bits per heavy atom. The summed E-state index contributed by atoms with van der Waals surface area (Å²) in [7, 11) is 2.04. The zero-order chi connectivity index (χ0) is 13.7. The summed E-state index contributed by atoms with van der Waals surface area (Å²) >= 11 is 0. The van der Waals surface area contributed by atoms with Gasteiger partial charge < -0.3 is 10.5 Å². The van der Waals surface area contributed by atoms with Crippen LogP contribution >= 0.6 is 0 Å². The molecule has 0 saturated carbocycles. The quantitative estimate of drug-likeness (QED) is 0.888. The molecular formula is C15H23FN2O. The second-order valence-electron chi connectivity index (χ2n) is 5.30. The highest BCUT2D eigenvalue weighted by Crippen LogP contribution is 2.16. The van der Waals surface area contributed by atoms with Crippen molar-refractivity contribution in [3.8, 4) is 0 Å². The van der Waals surface area contributed by atoms with E-state index in [4.69, 9.17) is 10.5 Å². The first-order valence-corrected chi connectivity index (χ1v) is 6.96. The highest BCUT2D eigenvalue weighted by atomic mass is 19.1. The van der Waals surface area contributed by atoms with Gasteiger partial charge in [-0.25, -0.2) is 4.39 Å². The topological polar surface area (TPSA) is 38.5 Å². The second kappa shape index (κ2) is 6.98. The molecule has 1 atom stereocenters. The molecule has 0 radical (unpaired) electrons. The Morgan fingerprint density at radius 2 is 2.21 bits per heavy atom. The van der Waals surface area contributed by atoms with E-state index in [2.05, 4.69) is 4.90 Å². The molecule has 106 valence electrons. The van der Waals surface area contributed by atoms with Crippen LogP contribution in [-0.4, -0.2) is 31.2 Å². The Hall–Kier alpha value is -0.970. The molecule has 0 aliphatic carbocycles. The molecule has 1 aliphatic heterocycles. The highest BCUT2D eigenvalue weighted by Gasteiger charge is 2.16. The molecule has 1 aromatic carbocycles. The number of nitrogens with zero attached hydrogens (tertiary/aromatic N) is 1. The zero-order valence-electron chi connectivity index (χ0n) is 11.6. The molecule has 0 bridgehead atoms. The standard InChI is InChI=1S/C15H23FN2O/c1-18(11-15-4-2-3-7-19-15)10-13-8-14(16)6-5-12(13)9-17/h5-6,8,15H,2-4,7,9-11,17H2,1H3. The minimum Gasteiger partial charge on any atom is -0.377 e. The van der Waals surface area contributed by atoms with Crippen LogP contribution in [0.25, 0.3) is 0 Å². The van der Waals surface area contributed by atoms with E-state index in [-0.39, 0.29) is 5.82 Å². The summed E-state index contributed by atoms with van der Waals surface area (Å²) in [4.78, 5) is 2.18. The summed E-state index contributed by atoms with van der Waals surface area (Å²) in [6.07, 6.45) is 3.85. The van der Waals surface area contributed by atoms with Gasteiger partial charge in [0.25, 0.3) is 0 Å². The Balaban J connectivity index is 1.93. The SMILES string of the molecule is CN(Cc1cc(F)ccc1CN)CC1CCCCO1. The van der Waals surface area contributed by atoms with Crippen LogP contribution in [0.3, 0.4) is 0 Å². The number of likely N-dealkylation sites (N-methyl/N-ethyl adjacent to an activating group) is 1. The number of halogens is 1. The summed E-state index contributed by atoms with van der Waals surface area (Å²) in [5, 5.41) is 0. The molecule has 2 rings (SSSR count). The van der Waals surface area contributed by atoms with Gasteiger partial charge in [-0.2, -0.15) is 0 Å². The summed E-state index contributed by atoms with van der Waals surface area (Å²) in [5.41, 5.74) is 7.68. The Bertz CT molecular complexity index is 405. The van der Waals surface area contributed by atoms with Gasteiger partial charge in [0.15, 0.2) is 0 Å². The first kappa shape index (κ1) is 14.4. The van der Waals surface area contributed by atoms with E-state index in [1.165, 1.54) is 18.9 Å². The number of ether oxygens (including phenoxy) is 1. The van der Waals surface area contributed by atoms with Crippen molar-refractivity contribution in [1.29, 1.82) is 0 Å². The molecule has 1 heterocycles. The lowest BCUT2D eigenvalue weighted by atomic mass is 10.1. The van der Waals surface area contributed by atoms with Crippen molar-refractivity contribution in [2.75, 3.05) is 20.2 Å². The van der Waals surface area contributed by atoms with Gasteiger partial charge in [-0.05, 0) is 49.6 Å². The van der Waals surface area contributed by atoms with Crippen molar-refractivity contribution in [3.63, 3.8) is 0 Å². The van der Waals surface area contributed by atoms with Crippen LogP contribution in [0.1, 0.15) is 30.4 Å². The fraction of sp³-hybridized carbons (Fsp3) is 0.600. The molecule has 2 N–H and O–H groups in total. The van der Waals surface area contributed by atoms with Crippen LogP contribution in [0.5, 0.6) is 0 Å². The maximum absolute atomic E-state index is 13.3. The molecule has 1 saturated heterocycles. The molecule has 1 unspecified atom stereocenters. The van der Waals surface area contributed by atoms with Crippen LogP contribution in [-0.2, 0) is 17.8 Å².